The molecule has 1 N–H and O–H groups in total. The lowest BCUT2D eigenvalue weighted by atomic mass is 10.0. The standard InChI is InChI=1S/C22H22FNO3S/c1-24(26)21(25)5-3-4-19-14-20(15-8-12-18(27-2)13-9-15)22(28-19)16-6-10-17(23)11-7-16/h6-14,26H,3-5H2,1-2H3. The molecule has 2 aromatic carbocycles. The average molecular weight is 399 g/mol. The van der Waals surface area contributed by atoms with Gasteiger partial charge in [-0.1, -0.05) is 24.3 Å². The molecule has 6 heteroatoms. The predicted molar refractivity (Wildman–Crippen MR) is 109 cm³/mol. The van der Waals surface area contributed by atoms with Crippen LogP contribution in [0.25, 0.3) is 21.6 Å². The summed E-state index contributed by atoms with van der Waals surface area (Å²) in [6.07, 6.45) is 1.67. The third kappa shape index (κ3) is 4.77. The van der Waals surface area contributed by atoms with Crippen molar-refractivity contribution in [3.05, 3.63) is 65.3 Å². The largest absolute Gasteiger partial charge is 0.497 e. The monoisotopic (exact) mass is 399 g/mol. The number of hydroxylamine groups is 2. The Kier molecular flexibility index (Phi) is 6.44. The topological polar surface area (TPSA) is 49.8 Å². The van der Waals surface area contributed by atoms with E-state index in [0.29, 0.717) is 11.5 Å². The van der Waals surface area contributed by atoms with Crippen molar-refractivity contribution in [1.82, 2.24) is 5.06 Å². The van der Waals surface area contributed by atoms with Crippen LogP contribution in [0.4, 0.5) is 4.39 Å². The SMILES string of the molecule is COc1ccc(-c2cc(CCCC(=O)N(C)O)sc2-c2ccc(F)cc2)cc1. The number of hydrogen-bond acceptors (Lipinski definition) is 4. The van der Waals surface area contributed by atoms with Crippen LogP contribution in [0.5, 0.6) is 5.75 Å². The summed E-state index contributed by atoms with van der Waals surface area (Å²) in [5, 5.41) is 9.80. The van der Waals surface area contributed by atoms with Crippen LogP contribution in [0.3, 0.4) is 0 Å². The Labute approximate surface area is 167 Å². The van der Waals surface area contributed by atoms with Gasteiger partial charge in [-0.3, -0.25) is 10.0 Å². The highest BCUT2D eigenvalue weighted by atomic mass is 32.1. The van der Waals surface area contributed by atoms with Crippen molar-refractivity contribution in [3.63, 3.8) is 0 Å². The van der Waals surface area contributed by atoms with E-state index in [1.165, 1.54) is 19.2 Å². The van der Waals surface area contributed by atoms with E-state index in [4.69, 9.17) is 4.74 Å². The minimum atomic E-state index is -0.300. The van der Waals surface area contributed by atoms with Gasteiger partial charge in [-0.05, 0) is 54.3 Å². The summed E-state index contributed by atoms with van der Waals surface area (Å²) in [6.45, 7) is 0. The average Bonchev–Trinajstić information content (AvgIpc) is 3.12. The zero-order valence-corrected chi connectivity index (χ0v) is 16.6. The van der Waals surface area contributed by atoms with E-state index in [-0.39, 0.29) is 18.1 Å². The minimum Gasteiger partial charge on any atom is -0.497 e. The van der Waals surface area contributed by atoms with E-state index in [0.717, 1.165) is 38.6 Å². The molecule has 0 fully saturated rings. The summed E-state index contributed by atoms with van der Waals surface area (Å²) in [7, 11) is 2.97. The highest BCUT2D eigenvalue weighted by Gasteiger charge is 2.14. The van der Waals surface area contributed by atoms with Gasteiger partial charge in [-0.15, -0.1) is 11.3 Å². The van der Waals surface area contributed by atoms with Crippen molar-refractivity contribution >= 4 is 17.2 Å². The molecule has 1 heterocycles. The second-order valence-electron chi connectivity index (χ2n) is 6.46. The molecule has 0 saturated carbocycles. The Morgan fingerprint density at radius 2 is 1.75 bits per heavy atom. The molecular weight excluding hydrogens is 377 g/mol. The van der Waals surface area contributed by atoms with Crippen LogP contribution >= 0.6 is 11.3 Å². The molecule has 1 aromatic heterocycles. The van der Waals surface area contributed by atoms with Crippen molar-refractivity contribution in [2.45, 2.75) is 19.3 Å². The van der Waals surface area contributed by atoms with Crippen LogP contribution in [-0.2, 0) is 11.2 Å². The zero-order valence-electron chi connectivity index (χ0n) is 15.8. The number of rotatable bonds is 7. The van der Waals surface area contributed by atoms with Crippen molar-refractivity contribution in [2.24, 2.45) is 0 Å². The maximum atomic E-state index is 13.4. The number of benzene rings is 2. The molecule has 0 aliphatic heterocycles. The fourth-order valence-electron chi connectivity index (χ4n) is 2.94. The first kappa shape index (κ1) is 20.0. The van der Waals surface area contributed by atoms with E-state index < -0.39 is 0 Å². The van der Waals surface area contributed by atoms with E-state index >= 15 is 0 Å². The number of carbonyl (C=O) groups excluding carboxylic acids is 1. The fraction of sp³-hybridized carbons (Fsp3) is 0.227. The van der Waals surface area contributed by atoms with Gasteiger partial charge in [0.15, 0.2) is 0 Å². The molecule has 3 rings (SSSR count). The molecule has 0 saturated heterocycles. The number of thiophene rings is 1. The number of methoxy groups -OCH3 is 1. The number of nitrogens with zero attached hydrogens (tertiary/aromatic N) is 1. The predicted octanol–water partition coefficient (Wildman–Crippen LogP) is 5.40. The maximum Gasteiger partial charge on any atom is 0.245 e. The van der Waals surface area contributed by atoms with Gasteiger partial charge in [0.2, 0.25) is 5.91 Å². The van der Waals surface area contributed by atoms with Crippen molar-refractivity contribution < 1.29 is 19.1 Å². The molecule has 4 nitrogen and oxygen atoms in total. The van der Waals surface area contributed by atoms with Crippen LogP contribution in [0.1, 0.15) is 17.7 Å². The molecule has 0 atom stereocenters. The lowest BCUT2D eigenvalue weighted by Gasteiger charge is -2.06. The molecule has 1 amide bonds. The number of amides is 1. The van der Waals surface area contributed by atoms with Crippen LogP contribution < -0.4 is 4.74 Å². The van der Waals surface area contributed by atoms with E-state index in [9.17, 15) is 14.4 Å². The number of ether oxygens (including phenoxy) is 1. The molecule has 0 aliphatic rings. The highest BCUT2D eigenvalue weighted by Crippen LogP contribution is 2.40. The fourth-order valence-corrected chi connectivity index (χ4v) is 4.17. The number of halogens is 1. The number of hydrogen-bond donors (Lipinski definition) is 1. The van der Waals surface area contributed by atoms with Gasteiger partial charge in [0.05, 0.1) is 7.11 Å². The van der Waals surface area contributed by atoms with Crippen LogP contribution in [-0.4, -0.2) is 30.3 Å². The molecule has 0 aliphatic carbocycles. The maximum absolute atomic E-state index is 13.4. The molecule has 0 radical (unpaired) electrons. The first-order valence-corrected chi connectivity index (χ1v) is 9.78. The summed E-state index contributed by atoms with van der Waals surface area (Å²) in [5.74, 6) is 0.220. The molecule has 146 valence electrons. The lowest BCUT2D eigenvalue weighted by molar-refractivity contribution is -0.159. The van der Waals surface area contributed by atoms with Crippen LogP contribution in [0, 0.1) is 5.82 Å². The highest BCUT2D eigenvalue weighted by molar-refractivity contribution is 7.16. The summed E-state index contributed by atoms with van der Waals surface area (Å²) < 4.78 is 18.6. The van der Waals surface area contributed by atoms with Gasteiger partial charge in [0.25, 0.3) is 0 Å². The van der Waals surface area contributed by atoms with E-state index in [1.54, 1.807) is 30.6 Å². The summed E-state index contributed by atoms with van der Waals surface area (Å²) in [6, 6.07) is 16.4. The van der Waals surface area contributed by atoms with Crippen LogP contribution in [0.2, 0.25) is 0 Å². The second kappa shape index (κ2) is 8.99. The van der Waals surface area contributed by atoms with Gasteiger partial charge in [-0.2, -0.15) is 0 Å². The van der Waals surface area contributed by atoms with Crippen molar-refractivity contribution in [2.75, 3.05) is 14.2 Å². The molecule has 0 spiro atoms. The Morgan fingerprint density at radius 3 is 2.36 bits per heavy atom. The Hall–Kier alpha value is -2.70. The summed E-state index contributed by atoms with van der Waals surface area (Å²) in [4.78, 5) is 13.8. The van der Waals surface area contributed by atoms with Crippen molar-refractivity contribution in [1.29, 1.82) is 0 Å². The summed E-state index contributed by atoms with van der Waals surface area (Å²) >= 11 is 1.64. The quantitative estimate of drug-likeness (QED) is 0.427. The first-order chi connectivity index (χ1) is 13.5. The van der Waals surface area contributed by atoms with Gasteiger partial charge in [0.1, 0.15) is 11.6 Å². The first-order valence-electron chi connectivity index (χ1n) is 8.96. The Morgan fingerprint density at radius 1 is 1.11 bits per heavy atom. The minimum absolute atomic E-state index is 0.266. The molecular formula is C22H22FNO3S. The van der Waals surface area contributed by atoms with Crippen molar-refractivity contribution in [3.8, 4) is 27.3 Å². The number of carbonyl (C=O) groups is 1. The lowest BCUT2D eigenvalue weighted by Crippen LogP contribution is -2.21. The number of aryl methyl sites for hydroxylation is 1. The summed E-state index contributed by atoms with van der Waals surface area (Å²) in [5.41, 5.74) is 3.07. The Balaban J connectivity index is 1.90. The van der Waals surface area contributed by atoms with Gasteiger partial charge < -0.3 is 4.74 Å². The van der Waals surface area contributed by atoms with Gasteiger partial charge >= 0.3 is 0 Å². The van der Waals surface area contributed by atoms with Gasteiger partial charge in [-0.25, -0.2) is 9.45 Å². The smallest absolute Gasteiger partial charge is 0.245 e. The van der Waals surface area contributed by atoms with E-state index in [1.807, 2.05) is 24.3 Å². The molecule has 0 bridgehead atoms. The third-order valence-electron chi connectivity index (χ3n) is 4.47. The molecule has 28 heavy (non-hydrogen) atoms. The van der Waals surface area contributed by atoms with Crippen LogP contribution in [0.15, 0.2) is 54.6 Å². The zero-order chi connectivity index (χ0) is 20.1. The van der Waals surface area contributed by atoms with E-state index in [2.05, 4.69) is 6.07 Å². The third-order valence-corrected chi connectivity index (χ3v) is 5.71. The second-order valence-corrected chi connectivity index (χ2v) is 7.60. The normalized spacial score (nSPS) is 10.7. The molecule has 0 unspecified atom stereocenters. The molecule has 3 aromatic rings. The Bertz CT molecular complexity index is 933. The van der Waals surface area contributed by atoms with Gasteiger partial charge in [0, 0.05) is 28.8 Å².